The molecule has 1 aromatic rings. The van der Waals surface area contributed by atoms with Crippen molar-refractivity contribution in [3.63, 3.8) is 0 Å². The third-order valence-corrected chi connectivity index (χ3v) is 5.22. The van der Waals surface area contributed by atoms with Gasteiger partial charge in [0.2, 0.25) is 0 Å². The van der Waals surface area contributed by atoms with Gasteiger partial charge in [0.15, 0.2) is 5.96 Å². The largest absolute Gasteiger partial charge is 0.379 e. The fourth-order valence-corrected chi connectivity index (χ4v) is 2.86. The summed E-state index contributed by atoms with van der Waals surface area (Å²) in [6.45, 7) is 8.59. The van der Waals surface area contributed by atoms with Gasteiger partial charge in [-0.25, -0.2) is 0 Å². The second-order valence-electron chi connectivity index (χ2n) is 6.01. The van der Waals surface area contributed by atoms with Gasteiger partial charge in [0.05, 0.1) is 13.2 Å². The molecule has 0 aliphatic carbocycles. The van der Waals surface area contributed by atoms with Gasteiger partial charge in [-0.2, -0.15) is 11.8 Å². The van der Waals surface area contributed by atoms with Crippen LogP contribution < -0.4 is 10.6 Å². The summed E-state index contributed by atoms with van der Waals surface area (Å²) in [5.74, 6) is 0.858. The van der Waals surface area contributed by atoms with Gasteiger partial charge in [0, 0.05) is 45.0 Å². The number of benzene rings is 1. The second-order valence-corrected chi connectivity index (χ2v) is 7.29. The van der Waals surface area contributed by atoms with E-state index in [4.69, 9.17) is 4.74 Å². The summed E-state index contributed by atoms with van der Waals surface area (Å²) in [6, 6.07) is 8.64. The summed E-state index contributed by atoms with van der Waals surface area (Å²) in [4.78, 5) is 6.77. The zero-order valence-electron chi connectivity index (χ0n) is 15.5. The Morgan fingerprint density at radius 2 is 1.92 bits per heavy atom. The Morgan fingerprint density at radius 1 is 1.24 bits per heavy atom. The van der Waals surface area contributed by atoms with E-state index in [0.717, 1.165) is 51.9 Å². The number of morpholine rings is 1. The molecule has 0 bridgehead atoms. The predicted octanol–water partition coefficient (Wildman–Crippen LogP) is 2.55. The number of guanidine groups is 1. The van der Waals surface area contributed by atoms with Crippen molar-refractivity contribution < 1.29 is 4.74 Å². The molecular formula is C18H31IN4OS. The Morgan fingerprint density at radius 3 is 2.56 bits per heavy atom. The minimum absolute atomic E-state index is 0. The monoisotopic (exact) mass is 478 g/mol. The number of ether oxygens (including phenoxy) is 1. The summed E-state index contributed by atoms with van der Waals surface area (Å²) < 4.78 is 5.44. The van der Waals surface area contributed by atoms with Crippen molar-refractivity contribution in [1.29, 1.82) is 0 Å². The van der Waals surface area contributed by atoms with Crippen molar-refractivity contribution in [3.05, 3.63) is 35.4 Å². The maximum absolute atomic E-state index is 5.44. The lowest BCUT2D eigenvalue weighted by Gasteiger charge is -2.27. The van der Waals surface area contributed by atoms with Crippen LogP contribution in [0.4, 0.5) is 0 Å². The Bertz CT molecular complexity index is 524. The van der Waals surface area contributed by atoms with E-state index in [0.29, 0.717) is 5.25 Å². The Kier molecular flexibility index (Phi) is 11.5. The number of nitrogens with zero attached hydrogens (tertiary/aromatic N) is 2. The number of hydrogen-bond donors (Lipinski definition) is 2. The molecule has 0 radical (unpaired) electrons. The average Bonchev–Trinajstić information content (AvgIpc) is 2.63. The molecule has 1 aliphatic rings. The topological polar surface area (TPSA) is 48.9 Å². The lowest BCUT2D eigenvalue weighted by atomic mass is 10.1. The Labute approximate surface area is 173 Å². The van der Waals surface area contributed by atoms with Crippen molar-refractivity contribution in [1.82, 2.24) is 15.5 Å². The second kappa shape index (κ2) is 12.8. The first-order valence-electron chi connectivity index (χ1n) is 8.57. The van der Waals surface area contributed by atoms with Crippen molar-refractivity contribution >= 4 is 41.7 Å². The van der Waals surface area contributed by atoms with E-state index in [1.54, 1.807) is 0 Å². The highest BCUT2D eigenvalue weighted by Gasteiger charge is 2.12. The molecule has 142 valence electrons. The van der Waals surface area contributed by atoms with Crippen LogP contribution in [0.3, 0.4) is 0 Å². The van der Waals surface area contributed by atoms with Crippen LogP contribution in [0, 0.1) is 0 Å². The van der Waals surface area contributed by atoms with E-state index >= 15 is 0 Å². The fraction of sp³-hybridized carbons (Fsp3) is 0.611. The molecule has 2 rings (SSSR count). The highest BCUT2D eigenvalue weighted by atomic mass is 127. The summed E-state index contributed by atoms with van der Waals surface area (Å²) in [6.07, 6.45) is 2.13. The zero-order valence-corrected chi connectivity index (χ0v) is 18.6. The molecule has 1 saturated heterocycles. The molecule has 1 fully saturated rings. The van der Waals surface area contributed by atoms with Gasteiger partial charge in [-0.3, -0.25) is 9.89 Å². The first-order chi connectivity index (χ1) is 11.7. The van der Waals surface area contributed by atoms with Crippen LogP contribution in [-0.4, -0.2) is 62.3 Å². The summed E-state index contributed by atoms with van der Waals surface area (Å²) in [5.41, 5.74) is 2.70. The summed E-state index contributed by atoms with van der Waals surface area (Å²) >= 11 is 1.85. The van der Waals surface area contributed by atoms with E-state index in [9.17, 15) is 0 Å². The van der Waals surface area contributed by atoms with Gasteiger partial charge in [0.1, 0.15) is 0 Å². The maximum Gasteiger partial charge on any atom is 0.191 e. The predicted molar refractivity (Wildman–Crippen MR) is 119 cm³/mol. The number of hydrogen-bond acceptors (Lipinski definition) is 4. The molecule has 0 aromatic heterocycles. The summed E-state index contributed by atoms with van der Waals surface area (Å²) in [5, 5.41) is 7.38. The highest BCUT2D eigenvalue weighted by molar-refractivity contribution is 14.0. The zero-order chi connectivity index (χ0) is 17.2. The Hall–Kier alpha value is -0.510. The third kappa shape index (κ3) is 8.15. The standard InChI is InChI=1S/C18H30N4OS.HI/c1-15(24-3)12-20-18(19-2)21-13-16-6-4-5-7-17(16)14-22-8-10-23-11-9-22;/h4-7,15H,8-14H2,1-3H3,(H2,19,20,21);1H. The molecule has 0 saturated carbocycles. The normalized spacial score (nSPS) is 16.8. The molecule has 25 heavy (non-hydrogen) atoms. The molecule has 1 aromatic carbocycles. The minimum atomic E-state index is 0. The molecule has 1 aliphatic heterocycles. The molecule has 0 amide bonds. The minimum Gasteiger partial charge on any atom is -0.379 e. The van der Waals surface area contributed by atoms with E-state index in [1.165, 1.54) is 11.1 Å². The lowest BCUT2D eigenvalue weighted by Crippen LogP contribution is -2.40. The van der Waals surface area contributed by atoms with Crippen molar-refractivity contribution in [2.24, 2.45) is 4.99 Å². The van der Waals surface area contributed by atoms with Crippen LogP contribution in [0.1, 0.15) is 18.1 Å². The number of aliphatic imine (C=N–C) groups is 1. The third-order valence-electron chi connectivity index (χ3n) is 4.25. The number of halogens is 1. The van der Waals surface area contributed by atoms with Gasteiger partial charge >= 0.3 is 0 Å². The highest BCUT2D eigenvalue weighted by Crippen LogP contribution is 2.13. The molecule has 2 N–H and O–H groups in total. The van der Waals surface area contributed by atoms with Gasteiger partial charge in [-0.1, -0.05) is 31.2 Å². The van der Waals surface area contributed by atoms with Crippen LogP contribution in [0.5, 0.6) is 0 Å². The van der Waals surface area contributed by atoms with Crippen molar-refractivity contribution in [2.75, 3.05) is 46.2 Å². The van der Waals surface area contributed by atoms with Crippen molar-refractivity contribution in [2.45, 2.75) is 25.3 Å². The van der Waals surface area contributed by atoms with Crippen LogP contribution in [0.25, 0.3) is 0 Å². The lowest BCUT2D eigenvalue weighted by molar-refractivity contribution is 0.0341. The van der Waals surface area contributed by atoms with Gasteiger partial charge in [-0.15, -0.1) is 24.0 Å². The van der Waals surface area contributed by atoms with Crippen LogP contribution in [0.2, 0.25) is 0 Å². The maximum atomic E-state index is 5.44. The van der Waals surface area contributed by atoms with Gasteiger partial charge in [-0.05, 0) is 17.4 Å². The average molecular weight is 478 g/mol. The molecule has 1 unspecified atom stereocenters. The van der Waals surface area contributed by atoms with Gasteiger partial charge in [0.25, 0.3) is 0 Å². The van der Waals surface area contributed by atoms with Gasteiger partial charge < -0.3 is 15.4 Å². The fourth-order valence-electron chi connectivity index (χ4n) is 2.61. The van der Waals surface area contributed by atoms with E-state index in [2.05, 4.69) is 58.0 Å². The Balaban J connectivity index is 0.00000312. The van der Waals surface area contributed by atoms with Crippen molar-refractivity contribution in [3.8, 4) is 0 Å². The van der Waals surface area contributed by atoms with Crippen LogP contribution >= 0.6 is 35.7 Å². The molecule has 1 heterocycles. The molecule has 5 nitrogen and oxygen atoms in total. The quantitative estimate of drug-likeness (QED) is 0.359. The first kappa shape index (κ1) is 22.5. The first-order valence-corrected chi connectivity index (χ1v) is 9.86. The summed E-state index contributed by atoms with van der Waals surface area (Å²) in [7, 11) is 1.82. The van der Waals surface area contributed by atoms with Crippen LogP contribution in [-0.2, 0) is 17.8 Å². The number of rotatable bonds is 7. The number of nitrogens with one attached hydrogen (secondary N) is 2. The van der Waals surface area contributed by atoms with E-state index in [1.807, 2.05) is 18.8 Å². The molecule has 0 spiro atoms. The van der Waals surface area contributed by atoms with E-state index in [-0.39, 0.29) is 24.0 Å². The molecular weight excluding hydrogens is 447 g/mol. The number of thioether (sulfide) groups is 1. The van der Waals surface area contributed by atoms with Crippen LogP contribution in [0.15, 0.2) is 29.3 Å². The molecule has 7 heteroatoms. The molecule has 1 atom stereocenters. The smallest absolute Gasteiger partial charge is 0.191 e. The SMILES string of the molecule is CN=C(NCc1ccccc1CN1CCOCC1)NCC(C)SC.I. The van der Waals surface area contributed by atoms with E-state index < -0.39 is 0 Å².